The van der Waals surface area contributed by atoms with Gasteiger partial charge in [-0.3, -0.25) is 4.79 Å². The van der Waals surface area contributed by atoms with Crippen LogP contribution in [0.15, 0.2) is 35.6 Å². The lowest BCUT2D eigenvalue weighted by Crippen LogP contribution is -2.31. The summed E-state index contributed by atoms with van der Waals surface area (Å²) < 4.78 is 12.4. The number of benzene rings is 1. The number of anilines is 1. The predicted octanol–water partition coefficient (Wildman–Crippen LogP) is 2.11. The van der Waals surface area contributed by atoms with Gasteiger partial charge in [0, 0.05) is 20.2 Å². The first kappa shape index (κ1) is 21.8. The second kappa shape index (κ2) is 10.8. The molecule has 0 aliphatic rings. The Morgan fingerprint density at radius 3 is 2.90 bits per heavy atom. The summed E-state index contributed by atoms with van der Waals surface area (Å²) in [5, 5.41) is 12.0. The van der Waals surface area contributed by atoms with Gasteiger partial charge in [-0.1, -0.05) is 23.9 Å². The van der Waals surface area contributed by atoms with E-state index in [1.807, 2.05) is 37.4 Å². The van der Waals surface area contributed by atoms with Crippen molar-refractivity contribution in [1.29, 1.82) is 0 Å². The van der Waals surface area contributed by atoms with Gasteiger partial charge in [-0.2, -0.15) is 5.10 Å². The highest BCUT2D eigenvalue weighted by molar-refractivity contribution is 7.98. The normalized spacial score (nSPS) is 10.9. The number of ether oxygens (including phenoxy) is 2. The Labute approximate surface area is 179 Å². The average Bonchev–Trinajstić information content (AvgIpc) is 3.15. The maximum Gasteiger partial charge on any atom is 0.258 e. The fraction of sp³-hybridized carbons (Fsp3) is 0.400. The largest absolute Gasteiger partial charge is 0.484 e. The number of carbonyl (C=O) groups excluding carboxylic acids is 1. The summed E-state index contributed by atoms with van der Waals surface area (Å²) >= 11 is 1.46. The van der Waals surface area contributed by atoms with Gasteiger partial charge in [0.1, 0.15) is 11.6 Å². The van der Waals surface area contributed by atoms with Crippen molar-refractivity contribution in [2.75, 3.05) is 45.0 Å². The summed E-state index contributed by atoms with van der Waals surface area (Å²) in [5.74, 6) is 1.22. The number of rotatable bonds is 11. The zero-order chi connectivity index (χ0) is 21.3. The van der Waals surface area contributed by atoms with Crippen LogP contribution in [0.25, 0.3) is 11.0 Å². The third kappa shape index (κ3) is 5.83. The van der Waals surface area contributed by atoms with Gasteiger partial charge in [-0.05, 0) is 30.9 Å². The molecule has 0 fully saturated rings. The Morgan fingerprint density at radius 2 is 2.13 bits per heavy atom. The molecule has 0 radical (unpaired) electrons. The van der Waals surface area contributed by atoms with Crippen LogP contribution in [0.2, 0.25) is 0 Å². The first-order valence-electron chi connectivity index (χ1n) is 9.57. The van der Waals surface area contributed by atoms with Gasteiger partial charge in [0.15, 0.2) is 17.4 Å². The second-order valence-corrected chi connectivity index (χ2v) is 7.31. The number of carbonyl (C=O) groups is 1. The number of nitrogens with one attached hydrogen (secondary N) is 2. The van der Waals surface area contributed by atoms with Crippen molar-refractivity contribution in [2.24, 2.45) is 0 Å². The number of amides is 1. The maximum atomic E-state index is 12.1. The smallest absolute Gasteiger partial charge is 0.258 e. The van der Waals surface area contributed by atoms with Crippen molar-refractivity contribution in [3.63, 3.8) is 0 Å². The molecule has 0 atom stereocenters. The molecule has 0 saturated heterocycles. The van der Waals surface area contributed by atoms with Gasteiger partial charge in [-0.25, -0.2) is 14.6 Å². The van der Waals surface area contributed by atoms with Crippen LogP contribution in [-0.4, -0.2) is 65.3 Å². The standard InChI is InChI=1S/C20H26N6O3S/c1-14-5-4-6-15(11-14)29-13-17(27)21-7-9-26-19-16(12-23-26)18(22-8-10-28-2)24-20(25-19)30-3/h4-6,11-12H,7-10,13H2,1-3H3,(H,21,27)(H,22,24,25). The minimum atomic E-state index is -0.186. The molecule has 10 heteroatoms. The molecule has 3 aromatic rings. The third-order valence-corrected chi connectivity index (χ3v) is 4.81. The molecule has 0 saturated carbocycles. The van der Waals surface area contributed by atoms with E-state index in [0.29, 0.717) is 37.1 Å². The molecule has 0 spiro atoms. The minimum Gasteiger partial charge on any atom is -0.484 e. The van der Waals surface area contributed by atoms with Crippen LogP contribution in [0, 0.1) is 6.92 Å². The molecule has 1 aromatic carbocycles. The van der Waals surface area contributed by atoms with E-state index in [0.717, 1.165) is 22.4 Å². The molecule has 2 heterocycles. The quantitative estimate of drug-likeness (QED) is 0.271. The van der Waals surface area contributed by atoms with Crippen molar-refractivity contribution in [2.45, 2.75) is 18.6 Å². The molecular formula is C20H26N6O3S. The Kier molecular flexibility index (Phi) is 7.86. The number of thioether (sulfide) groups is 1. The number of nitrogens with zero attached hydrogens (tertiary/aromatic N) is 4. The Morgan fingerprint density at radius 1 is 1.27 bits per heavy atom. The molecule has 2 N–H and O–H groups in total. The highest BCUT2D eigenvalue weighted by Gasteiger charge is 2.13. The lowest BCUT2D eigenvalue weighted by atomic mass is 10.2. The zero-order valence-electron chi connectivity index (χ0n) is 17.3. The topological polar surface area (TPSA) is 103 Å². The van der Waals surface area contributed by atoms with Crippen molar-refractivity contribution < 1.29 is 14.3 Å². The molecule has 2 aromatic heterocycles. The van der Waals surface area contributed by atoms with Crippen LogP contribution in [-0.2, 0) is 16.1 Å². The summed E-state index contributed by atoms with van der Waals surface area (Å²) in [4.78, 5) is 21.2. The highest BCUT2D eigenvalue weighted by atomic mass is 32.2. The monoisotopic (exact) mass is 430 g/mol. The van der Waals surface area contributed by atoms with Crippen LogP contribution < -0.4 is 15.4 Å². The van der Waals surface area contributed by atoms with Gasteiger partial charge in [0.2, 0.25) is 0 Å². The van der Waals surface area contributed by atoms with E-state index >= 15 is 0 Å². The van der Waals surface area contributed by atoms with E-state index in [4.69, 9.17) is 9.47 Å². The molecule has 0 aliphatic heterocycles. The van der Waals surface area contributed by atoms with Gasteiger partial charge in [-0.15, -0.1) is 0 Å². The van der Waals surface area contributed by atoms with Crippen LogP contribution >= 0.6 is 11.8 Å². The summed E-state index contributed by atoms with van der Waals surface area (Å²) in [6.45, 7) is 4.06. The van der Waals surface area contributed by atoms with Crippen LogP contribution in [0.3, 0.4) is 0 Å². The van der Waals surface area contributed by atoms with E-state index in [9.17, 15) is 4.79 Å². The maximum absolute atomic E-state index is 12.1. The van der Waals surface area contributed by atoms with Crippen molar-refractivity contribution >= 4 is 34.5 Å². The second-order valence-electron chi connectivity index (χ2n) is 6.54. The molecule has 160 valence electrons. The van der Waals surface area contributed by atoms with E-state index in [1.54, 1.807) is 18.0 Å². The molecule has 9 nitrogen and oxygen atoms in total. The Hall–Kier alpha value is -2.85. The van der Waals surface area contributed by atoms with E-state index < -0.39 is 0 Å². The lowest BCUT2D eigenvalue weighted by molar-refractivity contribution is -0.123. The van der Waals surface area contributed by atoms with Crippen molar-refractivity contribution in [1.82, 2.24) is 25.1 Å². The van der Waals surface area contributed by atoms with Crippen LogP contribution in [0.1, 0.15) is 5.56 Å². The van der Waals surface area contributed by atoms with Crippen molar-refractivity contribution in [3.8, 4) is 5.75 Å². The summed E-state index contributed by atoms with van der Waals surface area (Å²) in [6, 6.07) is 7.60. The van der Waals surface area contributed by atoms with E-state index in [1.165, 1.54) is 11.8 Å². The van der Waals surface area contributed by atoms with E-state index in [-0.39, 0.29) is 12.5 Å². The predicted molar refractivity (Wildman–Crippen MR) is 117 cm³/mol. The number of aromatic nitrogens is 4. The molecule has 30 heavy (non-hydrogen) atoms. The molecule has 3 rings (SSSR count). The molecule has 0 aliphatic carbocycles. The first-order chi connectivity index (χ1) is 14.6. The van der Waals surface area contributed by atoms with Gasteiger partial charge < -0.3 is 20.1 Å². The van der Waals surface area contributed by atoms with Crippen molar-refractivity contribution in [3.05, 3.63) is 36.0 Å². The number of hydrogen-bond acceptors (Lipinski definition) is 8. The van der Waals surface area contributed by atoms with Gasteiger partial charge in [0.05, 0.1) is 24.7 Å². The molecule has 1 amide bonds. The minimum absolute atomic E-state index is 0.0321. The Balaban J connectivity index is 1.57. The van der Waals surface area contributed by atoms with Crippen LogP contribution in [0.4, 0.5) is 5.82 Å². The molecule has 0 bridgehead atoms. The van der Waals surface area contributed by atoms with E-state index in [2.05, 4.69) is 25.7 Å². The fourth-order valence-corrected chi connectivity index (χ4v) is 3.16. The van der Waals surface area contributed by atoms with Gasteiger partial charge >= 0.3 is 0 Å². The SMILES string of the molecule is COCCNc1nc(SC)nc2c1cnn2CCNC(=O)COc1cccc(C)c1. The molecule has 0 unspecified atom stereocenters. The molecular weight excluding hydrogens is 404 g/mol. The Bertz CT molecular complexity index is 994. The summed E-state index contributed by atoms with van der Waals surface area (Å²) in [6.07, 6.45) is 3.66. The average molecular weight is 431 g/mol. The summed E-state index contributed by atoms with van der Waals surface area (Å²) in [7, 11) is 1.66. The number of fused-ring (bicyclic) bond motifs is 1. The fourth-order valence-electron chi connectivity index (χ4n) is 2.80. The summed E-state index contributed by atoms with van der Waals surface area (Å²) in [5.41, 5.74) is 1.81. The zero-order valence-corrected chi connectivity index (χ0v) is 18.2. The number of methoxy groups -OCH3 is 1. The first-order valence-corrected chi connectivity index (χ1v) is 10.8. The van der Waals surface area contributed by atoms with Gasteiger partial charge in [0.25, 0.3) is 5.91 Å². The third-order valence-electron chi connectivity index (χ3n) is 4.26. The number of hydrogen-bond donors (Lipinski definition) is 2. The highest BCUT2D eigenvalue weighted by Crippen LogP contribution is 2.23. The lowest BCUT2D eigenvalue weighted by Gasteiger charge is -2.10. The van der Waals surface area contributed by atoms with Crippen LogP contribution in [0.5, 0.6) is 5.75 Å². The number of aryl methyl sites for hydroxylation is 1.